The molecule has 1 fully saturated rings. The highest BCUT2D eigenvalue weighted by Gasteiger charge is 2.28. The number of benzene rings is 1. The summed E-state index contributed by atoms with van der Waals surface area (Å²) < 4.78 is 18.4. The molecular formula is C16H21ClFNO2. The average molecular weight is 314 g/mol. The minimum absolute atomic E-state index is 0.0114. The van der Waals surface area contributed by atoms with Crippen molar-refractivity contribution in [2.75, 3.05) is 6.61 Å². The van der Waals surface area contributed by atoms with Gasteiger partial charge in [0.1, 0.15) is 11.6 Å². The lowest BCUT2D eigenvalue weighted by Gasteiger charge is -2.34. The molecular weight excluding hydrogens is 293 g/mol. The van der Waals surface area contributed by atoms with Crippen LogP contribution in [-0.2, 0) is 4.79 Å². The Kier molecular flexibility index (Phi) is 5.45. The molecule has 1 aromatic carbocycles. The molecule has 0 saturated heterocycles. The summed E-state index contributed by atoms with van der Waals surface area (Å²) in [4.78, 5) is 11.9. The molecule has 1 aliphatic rings. The third kappa shape index (κ3) is 4.34. The summed E-state index contributed by atoms with van der Waals surface area (Å²) in [6, 6.07) is 4.26. The number of nitrogens with one attached hydrogen (secondary N) is 1. The molecule has 2 rings (SSSR count). The quantitative estimate of drug-likeness (QED) is 0.918. The van der Waals surface area contributed by atoms with Crippen molar-refractivity contribution >= 4 is 17.5 Å². The Morgan fingerprint density at radius 3 is 2.90 bits per heavy atom. The molecule has 0 unspecified atom stereocenters. The van der Waals surface area contributed by atoms with E-state index in [9.17, 15) is 9.18 Å². The van der Waals surface area contributed by atoms with E-state index in [0.717, 1.165) is 12.8 Å². The predicted molar refractivity (Wildman–Crippen MR) is 81.0 cm³/mol. The van der Waals surface area contributed by atoms with Gasteiger partial charge in [0.25, 0.3) is 5.91 Å². The number of halogens is 2. The summed E-state index contributed by atoms with van der Waals surface area (Å²) in [6.07, 6.45) is 3.38. The minimum Gasteiger partial charge on any atom is -0.484 e. The molecule has 21 heavy (non-hydrogen) atoms. The van der Waals surface area contributed by atoms with E-state index in [1.54, 1.807) is 0 Å². The van der Waals surface area contributed by atoms with E-state index in [4.69, 9.17) is 16.3 Å². The summed E-state index contributed by atoms with van der Waals surface area (Å²) >= 11 is 5.66. The first-order valence-electron chi connectivity index (χ1n) is 7.34. The van der Waals surface area contributed by atoms with E-state index in [-0.39, 0.29) is 23.6 Å². The van der Waals surface area contributed by atoms with Gasteiger partial charge in [-0.3, -0.25) is 4.79 Å². The van der Waals surface area contributed by atoms with E-state index in [1.165, 1.54) is 24.6 Å². The third-order valence-corrected chi connectivity index (χ3v) is 4.60. The van der Waals surface area contributed by atoms with Crippen LogP contribution in [0.2, 0.25) is 5.02 Å². The third-order valence-electron chi connectivity index (χ3n) is 4.31. The van der Waals surface area contributed by atoms with E-state index >= 15 is 0 Å². The van der Waals surface area contributed by atoms with Gasteiger partial charge in [0, 0.05) is 12.1 Å². The molecule has 0 radical (unpaired) electrons. The van der Waals surface area contributed by atoms with E-state index in [1.807, 2.05) is 0 Å². The van der Waals surface area contributed by atoms with Gasteiger partial charge < -0.3 is 10.1 Å². The van der Waals surface area contributed by atoms with E-state index in [2.05, 4.69) is 19.2 Å². The lowest BCUT2D eigenvalue weighted by atomic mass is 9.78. The number of amides is 1. The number of carbonyl (C=O) groups is 1. The molecule has 0 heterocycles. The van der Waals surface area contributed by atoms with Crippen molar-refractivity contribution in [1.29, 1.82) is 0 Å². The second-order valence-corrected chi connectivity index (χ2v) is 6.21. The van der Waals surface area contributed by atoms with Crippen molar-refractivity contribution in [1.82, 2.24) is 5.32 Å². The van der Waals surface area contributed by atoms with Gasteiger partial charge in [0.15, 0.2) is 6.61 Å². The van der Waals surface area contributed by atoms with Gasteiger partial charge in [-0.15, -0.1) is 0 Å². The highest BCUT2D eigenvalue weighted by atomic mass is 35.5. The highest BCUT2D eigenvalue weighted by molar-refractivity contribution is 6.30. The molecule has 1 N–H and O–H groups in total. The maximum absolute atomic E-state index is 13.0. The lowest BCUT2D eigenvalue weighted by Crippen LogP contribution is -2.45. The Balaban J connectivity index is 1.83. The van der Waals surface area contributed by atoms with Crippen molar-refractivity contribution < 1.29 is 13.9 Å². The number of rotatable bonds is 4. The molecule has 0 aliphatic heterocycles. The van der Waals surface area contributed by atoms with Crippen LogP contribution < -0.4 is 10.1 Å². The Bertz CT molecular complexity index is 509. The standard InChI is InChI=1S/C16H21ClFNO2/c1-10-4-3-5-15(11(10)2)19-16(20)9-21-12-6-7-14(18)13(17)8-12/h6-8,10-11,15H,3-5,9H2,1-2H3,(H,19,20)/t10-,11-,15-/m1/s1. The van der Waals surface area contributed by atoms with Gasteiger partial charge in [-0.05, 0) is 30.4 Å². The molecule has 5 heteroatoms. The molecule has 1 aromatic rings. The van der Waals surface area contributed by atoms with Crippen LogP contribution in [0.1, 0.15) is 33.1 Å². The second-order valence-electron chi connectivity index (χ2n) is 5.81. The second kappa shape index (κ2) is 7.12. The zero-order chi connectivity index (χ0) is 15.4. The first-order chi connectivity index (χ1) is 9.97. The molecule has 0 spiro atoms. The van der Waals surface area contributed by atoms with Crippen LogP contribution in [0.5, 0.6) is 5.75 Å². The fraction of sp³-hybridized carbons (Fsp3) is 0.562. The van der Waals surface area contributed by atoms with Crippen molar-refractivity contribution in [3.05, 3.63) is 29.0 Å². The summed E-state index contributed by atoms with van der Waals surface area (Å²) in [6.45, 7) is 4.31. The molecule has 0 bridgehead atoms. The van der Waals surface area contributed by atoms with Gasteiger partial charge in [-0.25, -0.2) is 4.39 Å². The fourth-order valence-corrected chi connectivity index (χ4v) is 2.92. The van der Waals surface area contributed by atoms with E-state index < -0.39 is 5.82 Å². The van der Waals surface area contributed by atoms with Crippen molar-refractivity contribution in [2.45, 2.75) is 39.2 Å². The maximum Gasteiger partial charge on any atom is 0.258 e. The van der Waals surface area contributed by atoms with Crippen LogP contribution in [0.4, 0.5) is 4.39 Å². The minimum atomic E-state index is -0.501. The first-order valence-corrected chi connectivity index (χ1v) is 7.72. The monoisotopic (exact) mass is 313 g/mol. The van der Waals surface area contributed by atoms with Gasteiger partial charge in [-0.2, -0.15) is 0 Å². The SMILES string of the molecule is C[C@@H]1[C@H](C)CCC[C@H]1NC(=O)COc1ccc(F)c(Cl)c1. The summed E-state index contributed by atoms with van der Waals surface area (Å²) in [5.41, 5.74) is 0. The topological polar surface area (TPSA) is 38.3 Å². The predicted octanol–water partition coefficient (Wildman–Crippen LogP) is 3.80. The Morgan fingerprint density at radius 1 is 1.43 bits per heavy atom. The molecule has 116 valence electrons. The van der Waals surface area contributed by atoms with Crippen molar-refractivity contribution in [3.63, 3.8) is 0 Å². The fourth-order valence-electron chi connectivity index (χ4n) is 2.75. The first kappa shape index (κ1) is 16.1. The number of hydrogen-bond donors (Lipinski definition) is 1. The largest absolute Gasteiger partial charge is 0.484 e. The number of ether oxygens (including phenoxy) is 1. The maximum atomic E-state index is 13.0. The van der Waals surface area contributed by atoms with Crippen LogP contribution >= 0.6 is 11.6 Å². The van der Waals surface area contributed by atoms with Crippen molar-refractivity contribution in [3.8, 4) is 5.75 Å². The van der Waals surface area contributed by atoms with Crippen LogP contribution in [-0.4, -0.2) is 18.6 Å². The van der Waals surface area contributed by atoms with Crippen LogP contribution in [0.15, 0.2) is 18.2 Å². The summed E-state index contributed by atoms with van der Waals surface area (Å²) in [5.74, 6) is 0.838. The molecule has 1 amide bonds. The smallest absolute Gasteiger partial charge is 0.258 e. The lowest BCUT2D eigenvalue weighted by molar-refractivity contribution is -0.124. The van der Waals surface area contributed by atoms with Gasteiger partial charge in [-0.1, -0.05) is 38.3 Å². The highest BCUT2D eigenvalue weighted by Crippen LogP contribution is 2.29. The van der Waals surface area contributed by atoms with E-state index in [0.29, 0.717) is 17.6 Å². The molecule has 0 aromatic heterocycles. The Labute approximate surface area is 129 Å². The summed E-state index contributed by atoms with van der Waals surface area (Å²) in [5, 5.41) is 3.01. The van der Waals surface area contributed by atoms with Crippen molar-refractivity contribution in [2.24, 2.45) is 11.8 Å². The Hall–Kier alpha value is -1.29. The molecule has 1 saturated carbocycles. The average Bonchev–Trinajstić information content (AvgIpc) is 2.45. The van der Waals surface area contributed by atoms with Gasteiger partial charge in [0.05, 0.1) is 5.02 Å². The van der Waals surface area contributed by atoms with Gasteiger partial charge >= 0.3 is 0 Å². The number of carbonyl (C=O) groups excluding carboxylic acids is 1. The molecule has 3 nitrogen and oxygen atoms in total. The normalized spacial score (nSPS) is 25.4. The zero-order valence-electron chi connectivity index (χ0n) is 12.4. The van der Waals surface area contributed by atoms with Gasteiger partial charge in [0.2, 0.25) is 0 Å². The Morgan fingerprint density at radius 2 is 2.19 bits per heavy atom. The van der Waals surface area contributed by atoms with Crippen LogP contribution in [0, 0.1) is 17.7 Å². The summed E-state index contributed by atoms with van der Waals surface area (Å²) in [7, 11) is 0. The zero-order valence-corrected chi connectivity index (χ0v) is 13.1. The number of hydrogen-bond acceptors (Lipinski definition) is 2. The molecule has 1 aliphatic carbocycles. The van der Waals surface area contributed by atoms with Crippen LogP contribution in [0.25, 0.3) is 0 Å². The molecule has 3 atom stereocenters. The van der Waals surface area contributed by atoms with Crippen LogP contribution in [0.3, 0.4) is 0 Å².